The Morgan fingerprint density at radius 1 is 1.06 bits per heavy atom. The Bertz CT molecular complexity index is 1210. The van der Waals surface area contributed by atoms with Crippen molar-refractivity contribution < 1.29 is 9.53 Å². The molecule has 0 bridgehead atoms. The van der Waals surface area contributed by atoms with Crippen molar-refractivity contribution in [3.63, 3.8) is 0 Å². The Hall–Kier alpha value is -3.39. The highest BCUT2D eigenvalue weighted by Gasteiger charge is 2.25. The minimum Gasteiger partial charge on any atom is -0.492 e. The predicted octanol–water partition coefficient (Wildman–Crippen LogP) is 3.91. The van der Waals surface area contributed by atoms with E-state index in [1.165, 1.54) is 11.3 Å². The molecular weight excluding hydrogens is 422 g/mol. The number of para-hydroxylation sites is 4. The molecule has 8 heteroatoms. The Morgan fingerprint density at radius 3 is 2.62 bits per heavy atom. The van der Waals surface area contributed by atoms with Crippen molar-refractivity contribution in [2.75, 3.05) is 37.7 Å². The van der Waals surface area contributed by atoms with Gasteiger partial charge in [0.1, 0.15) is 18.0 Å². The van der Waals surface area contributed by atoms with E-state index in [0.717, 1.165) is 47.1 Å². The van der Waals surface area contributed by atoms with Crippen molar-refractivity contribution in [3.05, 3.63) is 59.4 Å². The third-order valence-electron chi connectivity index (χ3n) is 5.75. The van der Waals surface area contributed by atoms with Crippen LogP contribution >= 0.6 is 11.3 Å². The van der Waals surface area contributed by atoms with Crippen molar-refractivity contribution in [3.8, 4) is 17.3 Å². The molecule has 164 valence electrons. The summed E-state index contributed by atoms with van der Waals surface area (Å²) in [5.74, 6) is 1.74. The topological polar surface area (TPSA) is 63.5 Å². The van der Waals surface area contributed by atoms with E-state index < -0.39 is 0 Å². The molecule has 1 aliphatic heterocycles. The molecule has 5 rings (SSSR count). The lowest BCUT2D eigenvalue weighted by Gasteiger charge is -2.36. The van der Waals surface area contributed by atoms with Gasteiger partial charge >= 0.3 is 0 Å². The van der Waals surface area contributed by atoms with Gasteiger partial charge in [-0.2, -0.15) is 0 Å². The van der Waals surface area contributed by atoms with E-state index >= 15 is 0 Å². The number of imidazole rings is 1. The monoisotopic (exact) mass is 447 g/mol. The van der Waals surface area contributed by atoms with Gasteiger partial charge in [0.15, 0.2) is 5.82 Å². The predicted molar refractivity (Wildman–Crippen MR) is 127 cm³/mol. The van der Waals surface area contributed by atoms with Crippen molar-refractivity contribution in [2.24, 2.45) is 0 Å². The summed E-state index contributed by atoms with van der Waals surface area (Å²) in [7, 11) is 0. The number of benzene rings is 2. The number of hydrogen-bond donors (Lipinski definition) is 0. The van der Waals surface area contributed by atoms with Gasteiger partial charge in [0.05, 0.1) is 28.8 Å². The molecule has 1 fully saturated rings. The first-order valence-corrected chi connectivity index (χ1v) is 11.8. The lowest BCUT2D eigenvalue weighted by Crippen LogP contribution is -2.49. The molecule has 2 aromatic heterocycles. The summed E-state index contributed by atoms with van der Waals surface area (Å²) in [5.41, 5.74) is 5.51. The Balaban J connectivity index is 1.32. The Labute approximate surface area is 190 Å². The van der Waals surface area contributed by atoms with Gasteiger partial charge in [0.2, 0.25) is 5.91 Å². The molecule has 0 radical (unpaired) electrons. The third-order valence-corrected chi connectivity index (χ3v) is 6.33. The molecule has 2 aromatic carbocycles. The summed E-state index contributed by atoms with van der Waals surface area (Å²) in [6.07, 6.45) is 0. The van der Waals surface area contributed by atoms with Crippen LogP contribution in [0.15, 0.2) is 59.4 Å². The highest BCUT2D eigenvalue weighted by atomic mass is 32.1. The molecule has 0 unspecified atom stereocenters. The summed E-state index contributed by atoms with van der Waals surface area (Å²) in [6.45, 7) is 5.79. The summed E-state index contributed by atoms with van der Waals surface area (Å²) in [6, 6.07) is 16.0. The molecule has 0 N–H and O–H groups in total. The molecule has 3 heterocycles. The maximum atomic E-state index is 13.3. The normalized spacial score (nSPS) is 14.2. The van der Waals surface area contributed by atoms with Crippen LogP contribution in [0.4, 0.5) is 5.69 Å². The van der Waals surface area contributed by atoms with Crippen LogP contribution < -0.4 is 9.64 Å². The fraction of sp³-hybridized carbons (Fsp3) is 0.292. The number of amides is 1. The van der Waals surface area contributed by atoms with Crippen LogP contribution in [-0.2, 0) is 11.3 Å². The van der Waals surface area contributed by atoms with Crippen LogP contribution in [0.25, 0.3) is 22.6 Å². The van der Waals surface area contributed by atoms with E-state index in [1.807, 2.05) is 64.2 Å². The zero-order chi connectivity index (χ0) is 21.9. The van der Waals surface area contributed by atoms with Gasteiger partial charge in [-0.3, -0.25) is 4.79 Å². The van der Waals surface area contributed by atoms with Crippen LogP contribution in [-0.4, -0.2) is 58.1 Å². The van der Waals surface area contributed by atoms with Crippen molar-refractivity contribution >= 4 is 34.0 Å². The van der Waals surface area contributed by atoms with E-state index in [4.69, 9.17) is 9.72 Å². The second kappa shape index (κ2) is 9.00. The standard InChI is InChI=1S/C24H25N5O2S/c1-2-31-22-10-6-5-9-21(22)27-11-13-28(14-12-27)23(30)15-29-20-8-4-3-7-18(20)26-24(29)19-16-32-17-25-19/h3-10,16-17H,2,11-15H2,1H3. The first kappa shape index (κ1) is 20.5. The Morgan fingerprint density at radius 2 is 1.84 bits per heavy atom. The van der Waals surface area contributed by atoms with Gasteiger partial charge in [-0.1, -0.05) is 24.3 Å². The number of carbonyl (C=O) groups excluding carboxylic acids is 1. The van der Waals surface area contributed by atoms with Crippen LogP contribution in [0.5, 0.6) is 5.75 Å². The van der Waals surface area contributed by atoms with Crippen LogP contribution in [0, 0.1) is 0 Å². The lowest BCUT2D eigenvalue weighted by molar-refractivity contribution is -0.132. The number of fused-ring (bicyclic) bond motifs is 1. The third kappa shape index (κ3) is 3.93. The molecule has 0 aliphatic carbocycles. The van der Waals surface area contributed by atoms with Gasteiger partial charge in [0, 0.05) is 31.6 Å². The van der Waals surface area contributed by atoms with E-state index in [2.05, 4.69) is 16.0 Å². The molecule has 32 heavy (non-hydrogen) atoms. The zero-order valence-electron chi connectivity index (χ0n) is 18.0. The van der Waals surface area contributed by atoms with Crippen LogP contribution in [0.1, 0.15) is 6.92 Å². The second-order valence-electron chi connectivity index (χ2n) is 7.65. The molecule has 0 spiro atoms. The summed E-state index contributed by atoms with van der Waals surface area (Å²) >= 11 is 1.53. The maximum absolute atomic E-state index is 13.3. The van der Waals surface area contributed by atoms with Crippen LogP contribution in [0.2, 0.25) is 0 Å². The molecular formula is C24H25N5O2S. The minimum absolute atomic E-state index is 0.0994. The largest absolute Gasteiger partial charge is 0.492 e. The van der Waals surface area contributed by atoms with Gasteiger partial charge in [-0.05, 0) is 31.2 Å². The number of aromatic nitrogens is 3. The highest BCUT2D eigenvalue weighted by molar-refractivity contribution is 7.07. The highest BCUT2D eigenvalue weighted by Crippen LogP contribution is 2.29. The SMILES string of the molecule is CCOc1ccccc1N1CCN(C(=O)Cn2c(-c3cscn3)nc3ccccc32)CC1. The van der Waals surface area contributed by atoms with E-state index in [0.29, 0.717) is 19.7 Å². The number of carbonyl (C=O) groups is 1. The average Bonchev–Trinajstić information content (AvgIpc) is 3.48. The number of thiazole rings is 1. The van der Waals surface area contributed by atoms with Gasteiger partial charge in [-0.15, -0.1) is 11.3 Å². The minimum atomic E-state index is 0.0994. The van der Waals surface area contributed by atoms with E-state index in [9.17, 15) is 4.79 Å². The molecule has 4 aromatic rings. The first-order valence-electron chi connectivity index (χ1n) is 10.8. The van der Waals surface area contributed by atoms with Gasteiger partial charge in [-0.25, -0.2) is 9.97 Å². The Kier molecular flexibility index (Phi) is 5.77. The second-order valence-corrected chi connectivity index (χ2v) is 8.37. The number of rotatable bonds is 6. The smallest absolute Gasteiger partial charge is 0.242 e. The van der Waals surface area contributed by atoms with E-state index in [1.54, 1.807) is 5.51 Å². The molecule has 0 saturated carbocycles. The van der Waals surface area contributed by atoms with E-state index in [-0.39, 0.29) is 12.5 Å². The number of piperazine rings is 1. The van der Waals surface area contributed by atoms with Crippen molar-refractivity contribution in [2.45, 2.75) is 13.5 Å². The fourth-order valence-corrected chi connectivity index (χ4v) is 4.71. The molecule has 1 amide bonds. The van der Waals surface area contributed by atoms with Gasteiger partial charge < -0.3 is 19.1 Å². The molecule has 0 atom stereocenters. The average molecular weight is 448 g/mol. The molecule has 1 saturated heterocycles. The number of nitrogens with zero attached hydrogens (tertiary/aromatic N) is 5. The molecule has 7 nitrogen and oxygen atoms in total. The summed E-state index contributed by atoms with van der Waals surface area (Å²) in [4.78, 5) is 26.7. The maximum Gasteiger partial charge on any atom is 0.242 e. The number of anilines is 1. The fourth-order valence-electron chi connectivity index (χ4n) is 4.18. The number of ether oxygens (including phenoxy) is 1. The lowest BCUT2D eigenvalue weighted by atomic mass is 10.2. The molecule has 1 aliphatic rings. The van der Waals surface area contributed by atoms with Gasteiger partial charge in [0.25, 0.3) is 0 Å². The summed E-state index contributed by atoms with van der Waals surface area (Å²) < 4.78 is 7.78. The quantitative estimate of drug-likeness (QED) is 0.449. The number of hydrogen-bond acceptors (Lipinski definition) is 6. The zero-order valence-corrected chi connectivity index (χ0v) is 18.8. The first-order chi connectivity index (χ1) is 15.7. The van der Waals surface area contributed by atoms with Crippen LogP contribution in [0.3, 0.4) is 0 Å². The van der Waals surface area contributed by atoms with Crippen molar-refractivity contribution in [1.29, 1.82) is 0 Å². The van der Waals surface area contributed by atoms with Crippen molar-refractivity contribution in [1.82, 2.24) is 19.4 Å². The summed E-state index contributed by atoms with van der Waals surface area (Å²) in [5, 5.41) is 1.97.